The van der Waals surface area contributed by atoms with E-state index >= 15 is 0 Å². The Kier molecular flexibility index (Phi) is 2.40. The van der Waals surface area contributed by atoms with Crippen LogP contribution in [0.25, 0.3) is 0 Å². The molecule has 17 heavy (non-hydrogen) atoms. The Bertz CT molecular complexity index is 506. The second-order valence-electron chi connectivity index (χ2n) is 4.76. The van der Waals surface area contributed by atoms with Crippen molar-refractivity contribution in [2.45, 2.75) is 31.8 Å². The van der Waals surface area contributed by atoms with Crippen LogP contribution < -0.4 is 0 Å². The average Bonchev–Trinajstić information content (AvgIpc) is 3.12. The molecule has 1 aromatic rings. The van der Waals surface area contributed by atoms with E-state index in [4.69, 9.17) is 11.2 Å². The summed E-state index contributed by atoms with van der Waals surface area (Å²) in [4.78, 5) is 11.7. The molecule has 2 aliphatic rings. The fourth-order valence-electron chi connectivity index (χ4n) is 2.43. The zero-order valence-corrected chi connectivity index (χ0v) is 9.61. The third-order valence-corrected chi connectivity index (χ3v) is 3.54. The molecule has 1 fully saturated rings. The SMILES string of the molecule is C#Cc1cccc2c1CCC2OC(=O)C1CC1. The van der Waals surface area contributed by atoms with Crippen molar-refractivity contribution in [1.29, 1.82) is 0 Å². The van der Waals surface area contributed by atoms with Crippen LogP contribution in [0, 0.1) is 18.3 Å². The van der Waals surface area contributed by atoms with Gasteiger partial charge in [-0.15, -0.1) is 6.42 Å². The van der Waals surface area contributed by atoms with Crippen molar-refractivity contribution < 1.29 is 9.53 Å². The van der Waals surface area contributed by atoms with Gasteiger partial charge in [0, 0.05) is 5.56 Å². The number of hydrogen-bond donors (Lipinski definition) is 0. The molecule has 1 aromatic carbocycles. The van der Waals surface area contributed by atoms with E-state index in [1.807, 2.05) is 18.2 Å². The summed E-state index contributed by atoms with van der Waals surface area (Å²) in [5.41, 5.74) is 3.23. The summed E-state index contributed by atoms with van der Waals surface area (Å²) in [6.45, 7) is 0. The Morgan fingerprint density at radius 3 is 2.88 bits per heavy atom. The molecule has 0 N–H and O–H groups in total. The zero-order valence-electron chi connectivity index (χ0n) is 9.61. The van der Waals surface area contributed by atoms with Crippen LogP contribution in [-0.4, -0.2) is 5.97 Å². The molecule has 0 aromatic heterocycles. The minimum Gasteiger partial charge on any atom is -0.457 e. The van der Waals surface area contributed by atoms with Crippen LogP contribution >= 0.6 is 0 Å². The first kappa shape index (κ1) is 10.4. The molecular weight excluding hydrogens is 212 g/mol. The van der Waals surface area contributed by atoms with Gasteiger partial charge in [-0.05, 0) is 42.9 Å². The molecule has 1 saturated carbocycles. The van der Waals surface area contributed by atoms with Gasteiger partial charge in [0.1, 0.15) is 6.10 Å². The maximum Gasteiger partial charge on any atom is 0.309 e. The van der Waals surface area contributed by atoms with E-state index in [1.54, 1.807) is 0 Å². The normalized spacial score (nSPS) is 21.7. The lowest BCUT2D eigenvalue weighted by Gasteiger charge is -2.13. The van der Waals surface area contributed by atoms with E-state index in [-0.39, 0.29) is 18.0 Å². The highest BCUT2D eigenvalue weighted by molar-refractivity contribution is 5.75. The van der Waals surface area contributed by atoms with Crippen molar-refractivity contribution in [2.24, 2.45) is 5.92 Å². The Labute approximate surface area is 101 Å². The molecule has 2 nitrogen and oxygen atoms in total. The number of rotatable bonds is 2. The molecule has 86 valence electrons. The van der Waals surface area contributed by atoms with Crippen molar-refractivity contribution in [2.75, 3.05) is 0 Å². The number of ether oxygens (including phenoxy) is 1. The van der Waals surface area contributed by atoms with Gasteiger partial charge in [-0.1, -0.05) is 18.1 Å². The average molecular weight is 226 g/mol. The van der Waals surface area contributed by atoms with Gasteiger partial charge in [0.15, 0.2) is 0 Å². The summed E-state index contributed by atoms with van der Waals surface area (Å²) in [7, 11) is 0. The molecule has 2 aliphatic carbocycles. The van der Waals surface area contributed by atoms with Crippen LogP contribution in [0.3, 0.4) is 0 Å². The molecule has 2 heteroatoms. The lowest BCUT2D eigenvalue weighted by Crippen LogP contribution is -2.10. The molecule has 0 heterocycles. The van der Waals surface area contributed by atoms with Gasteiger partial charge in [-0.3, -0.25) is 4.79 Å². The highest BCUT2D eigenvalue weighted by Gasteiger charge is 2.35. The fourth-order valence-corrected chi connectivity index (χ4v) is 2.43. The molecular formula is C15H14O2. The minimum absolute atomic E-state index is 0.0334. The molecule has 0 aliphatic heterocycles. The second-order valence-corrected chi connectivity index (χ2v) is 4.76. The van der Waals surface area contributed by atoms with Gasteiger partial charge in [0.25, 0.3) is 0 Å². The lowest BCUT2D eigenvalue weighted by atomic mass is 10.0. The summed E-state index contributed by atoms with van der Waals surface area (Å²) < 4.78 is 5.55. The number of fused-ring (bicyclic) bond motifs is 1. The maximum absolute atomic E-state index is 11.7. The van der Waals surface area contributed by atoms with Crippen molar-refractivity contribution in [1.82, 2.24) is 0 Å². The number of carbonyl (C=O) groups is 1. The van der Waals surface area contributed by atoms with E-state index in [0.29, 0.717) is 0 Å². The quantitative estimate of drug-likeness (QED) is 0.572. The molecule has 0 amide bonds. The molecule has 0 spiro atoms. The van der Waals surface area contributed by atoms with E-state index in [1.165, 1.54) is 5.56 Å². The number of benzene rings is 1. The smallest absolute Gasteiger partial charge is 0.309 e. The summed E-state index contributed by atoms with van der Waals surface area (Å²) in [5.74, 6) is 2.82. The molecule has 0 radical (unpaired) electrons. The predicted octanol–water partition coefficient (Wildman–Crippen LogP) is 2.61. The zero-order chi connectivity index (χ0) is 11.8. The number of carbonyl (C=O) groups excluding carboxylic acids is 1. The van der Waals surface area contributed by atoms with Crippen molar-refractivity contribution >= 4 is 5.97 Å². The fraction of sp³-hybridized carbons (Fsp3) is 0.400. The minimum atomic E-state index is -0.0774. The molecule has 0 bridgehead atoms. The lowest BCUT2D eigenvalue weighted by molar-refractivity contribution is -0.151. The van der Waals surface area contributed by atoms with Crippen molar-refractivity contribution in [3.63, 3.8) is 0 Å². The number of terminal acetylenes is 1. The van der Waals surface area contributed by atoms with E-state index in [2.05, 4.69) is 5.92 Å². The third kappa shape index (κ3) is 1.82. The van der Waals surface area contributed by atoms with Crippen LogP contribution in [-0.2, 0) is 16.0 Å². The standard InChI is InChI=1S/C15H14O2/c1-2-10-4-3-5-13-12(10)8-9-14(13)17-15(16)11-6-7-11/h1,3-5,11,14H,6-9H2. The van der Waals surface area contributed by atoms with Crippen LogP contribution in [0.5, 0.6) is 0 Å². The van der Waals surface area contributed by atoms with Crippen LogP contribution in [0.2, 0.25) is 0 Å². The first-order valence-electron chi connectivity index (χ1n) is 6.08. The van der Waals surface area contributed by atoms with Gasteiger partial charge < -0.3 is 4.74 Å². The Morgan fingerprint density at radius 2 is 2.18 bits per heavy atom. The summed E-state index contributed by atoms with van der Waals surface area (Å²) in [6.07, 6.45) is 9.15. The first-order chi connectivity index (χ1) is 8.29. The molecule has 1 atom stereocenters. The Hall–Kier alpha value is -1.75. The molecule has 0 saturated heterocycles. The summed E-state index contributed by atoms with van der Waals surface area (Å²) in [6, 6.07) is 5.91. The maximum atomic E-state index is 11.7. The van der Waals surface area contributed by atoms with Gasteiger partial charge in [0.05, 0.1) is 5.92 Å². The van der Waals surface area contributed by atoms with Crippen molar-refractivity contribution in [3.05, 3.63) is 34.9 Å². The van der Waals surface area contributed by atoms with E-state index < -0.39 is 0 Å². The first-order valence-corrected chi connectivity index (χ1v) is 6.08. The molecule has 1 unspecified atom stereocenters. The monoisotopic (exact) mass is 226 g/mol. The topological polar surface area (TPSA) is 26.3 Å². The van der Waals surface area contributed by atoms with Gasteiger partial charge in [-0.2, -0.15) is 0 Å². The van der Waals surface area contributed by atoms with Gasteiger partial charge >= 0.3 is 5.97 Å². The summed E-state index contributed by atoms with van der Waals surface area (Å²) >= 11 is 0. The van der Waals surface area contributed by atoms with E-state index in [0.717, 1.165) is 36.8 Å². The van der Waals surface area contributed by atoms with Crippen molar-refractivity contribution in [3.8, 4) is 12.3 Å². The second kappa shape index (κ2) is 3.92. The predicted molar refractivity (Wildman–Crippen MR) is 64.3 cm³/mol. The van der Waals surface area contributed by atoms with Crippen LogP contribution in [0.1, 0.15) is 42.1 Å². The largest absolute Gasteiger partial charge is 0.457 e. The highest BCUT2D eigenvalue weighted by atomic mass is 16.5. The Balaban J connectivity index is 1.83. The number of esters is 1. The Morgan fingerprint density at radius 1 is 1.35 bits per heavy atom. The van der Waals surface area contributed by atoms with Gasteiger partial charge in [0.2, 0.25) is 0 Å². The number of hydrogen-bond acceptors (Lipinski definition) is 2. The van der Waals surface area contributed by atoms with Gasteiger partial charge in [-0.25, -0.2) is 0 Å². The van der Waals surface area contributed by atoms with E-state index in [9.17, 15) is 4.79 Å². The van der Waals surface area contributed by atoms with Crippen LogP contribution in [0.15, 0.2) is 18.2 Å². The molecule has 3 rings (SSSR count). The highest BCUT2D eigenvalue weighted by Crippen LogP contribution is 2.38. The summed E-state index contributed by atoms with van der Waals surface area (Å²) in [5, 5.41) is 0. The third-order valence-electron chi connectivity index (χ3n) is 3.54. The van der Waals surface area contributed by atoms with Crippen LogP contribution in [0.4, 0.5) is 0 Å².